The Hall–Kier alpha value is -1.85. The lowest BCUT2D eigenvalue weighted by Crippen LogP contribution is -3.14. The highest BCUT2D eigenvalue weighted by Crippen LogP contribution is 2.39. The van der Waals surface area contributed by atoms with Crippen molar-refractivity contribution in [3.8, 4) is 0 Å². The minimum atomic E-state index is -0.160. The number of hydrogen-bond acceptors (Lipinski definition) is 3. The molecule has 2 atom stereocenters. The van der Waals surface area contributed by atoms with Crippen LogP contribution in [0.1, 0.15) is 72.7 Å². The summed E-state index contributed by atoms with van der Waals surface area (Å²) in [5, 5.41) is 7.79. The Balaban J connectivity index is 1.60. The number of rotatable bonds is 2. The first-order chi connectivity index (χ1) is 12.7. The van der Waals surface area contributed by atoms with Gasteiger partial charge in [0.25, 0.3) is 5.91 Å². The highest BCUT2D eigenvalue weighted by Gasteiger charge is 2.35. The maximum Gasteiger partial charge on any atom is 0.256 e. The minimum absolute atomic E-state index is 0.0687. The molecule has 2 aliphatic rings. The van der Waals surface area contributed by atoms with Crippen LogP contribution in [0.25, 0.3) is 0 Å². The van der Waals surface area contributed by atoms with Gasteiger partial charge in [0.15, 0.2) is 0 Å². The summed E-state index contributed by atoms with van der Waals surface area (Å²) in [6.07, 6.45) is 0.835. The number of amides is 1. The number of quaternary nitrogens is 1. The van der Waals surface area contributed by atoms with Crippen molar-refractivity contribution in [1.29, 1.82) is 0 Å². The van der Waals surface area contributed by atoms with Crippen molar-refractivity contribution in [2.45, 2.75) is 65.2 Å². The number of carbonyl (C=O) groups excluding carboxylic acids is 1. The molecule has 1 unspecified atom stereocenters. The van der Waals surface area contributed by atoms with Gasteiger partial charge in [-0.15, -0.1) is 11.3 Å². The maximum atomic E-state index is 12.9. The molecule has 0 aliphatic carbocycles. The fraction of sp³-hybridized carbons (Fsp3) is 0.500. The normalized spacial score (nSPS) is 22.1. The first-order valence-corrected chi connectivity index (χ1v) is 10.7. The van der Waals surface area contributed by atoms with E-state index < -0.39 is 0 Å². The van der Waals surface area contributed by atoms with Crippen LogP contribution in [-0.4, -0.2) is 18.5 Å². The number of benzene rings is 1. The van der Waals surface area contributed by atoms with Crippen LogP contribution in [0.4, 0.5) is 5.00 Å². The molecular weight excluding hydrogens is 354 g/mol. The lowest BCUT2D eigenvalue weighted by molar-refractivity contribution is -0.936. The summed E-state index contributed by atoms with van der Waals surface area (Å²) < 4.78 is 0. The smallest absolute Gasteiger partial charge is 0.256 e. The fourth-order valence-corrected chi connectivity index (χ4v) is 5.37. The van der Waals surface area contributed by atoms with E-state index in [1.54, 1.807) is 16.2 Å². The summed E-state index contributed by atoms with van der Waals surface area (Å²) in [5.74, 6) is 0.0687. The van der Waals surface area contributed by atoms with Crippen LogP contribution in [-0.2, 0) is 18.4 Å². The molecule has 1 amide bonds. The Labute approximate surface area is 166 Å². The average molecular weight is 385 g/mol. The molecule has 3 heterocycles. The Morgan fingerprint density at radius 2 is 1.85 bits per heavy atom. The van der Waals surface area contributed by atoms with Crippen molar-refractivity contribution in [2.75, 3.05) is 11.9 Å². The van der Waals surface area contributed by atoms with Crippen molar-refractivity contribution in [3.05, 3.63) is 51.4 Å². The highest BCUT2D eigenvalue weighted by atomic mass is 32.1. The summed E-state index contributed by atoms with van der Waals surface area (Å²) in [6, 6.07) is 9.21. The van der Waals surface area contributed by atoms with Gasteiger partial charge >= 0.3 is 0 Å². The predicted octanol–water partition coefficient (Wildman–Crippen LogP) is 3.25. The van der Waals surface area contributed by atoms with Gasteiger partial charge in [0.2, 0.25) is 0 Å². The van der Waals surface area contributed by atoms with Gasteiger partial charge in [0, 0.05) is 6.42 Å². The van der Waals surface area contributed by atoms with Crippen LogP contribution in [0.5, 0.6) is 0 Å². The van der Waals surface area contributed by atoms with Crippen molar-refractivity contribution in [3.63, 3.8) is 0 Å². The van der Waals surface area contributed by atoms with Gasteiger partial charge in [-0.1, -0.05) is 45.0 Å². The lowest BCUT2D eigenvalue weighted by atomic mass is 9.86. The van der Waals surface area contributed by atoms with E-state index in [1.165, 1.54) is 16.0 Å². The van der Waals surface area contributed by atoms with Gasteiger partial charge in [-0.2, -0.15) is 0 Å². The molecule has 3 N–H and O–H groups in total. The van der Waals surface area contributed by atoms with Gasteiger partial charge in [0.1, 0.15) is 17.7 Å². The summed E-state index contributed by atoms with van der Waals surface area (Å²) >= 11 is 1.78. The molecule has 0 fully saturated rings. The van der Waals surface area contributed by atoms with Crippen LogP contribution in [0, 0.1) is 0 Å². The molecule has 4 rings (SSSR count). The van der Waals surface area contributed by atoms with E-state index in [-0.39, 0.29) is 17.5 Å². The van der Waals surface area contributed by atoms with Gasteiger partial charge in [-0.25, -0.2) is 0 Å². The average Bonchev–Trinajstić information content (AvgIpc) is 2.99. The van der Waals surface area contributed by atoms with Gasteiger partial charge in [-0.3, -0.25) is 4.79 Å². The van der Waals surface area contributed by atoms with Crippen molar-refractivity contribution < 1.29 is 9.69 Å². The second-order valence-electron chi connectivity index (χ2n) is 9.12. The molecule has 1 aromatic heterocycles. The molecule has 27 heavy (non-hydrogen) atoms. The second-order valence-corrected chi connectivity index (χ2v) is 10.2. The molecule has 0 bridgehead atoms. The molecule has 144 valence electrons. The van der Waals surface area contributed by atoms with Gasteiger partial charge in [-0.05, 0) is 36.0 Å². The molecule has 0 saturated heterocycles. The van der Waals surface area contributed by atoms with E-state index in [9.17, 15) is 4.79 Å². The number of thiophene rings is 1. The molecule has 0 saturated carbocycles. The fourth-order valence-electron chi connectivity index (χ4n) is 4.05. The summed E-state index contributed by atoms with van der Waals surface area (Å²) in [4.78, 5) is 15.9. The number of hydrogen-bond donors (Lipinski definition) is 3. The number of fused-ring (bicyclic) bond motifs is 3. The first-order valence-electron chi connectivity index (χ1n) is 9.91. The van der Waals surface area contributed by atoms with E-state index in [0.717, 1.165) is 35.6 Å². The standard InChI is InChI=1S/C22H29N3OS/c1-13(2)25-11-10-16-17(12-25)27-21-18(16)20(26)23-19(24-21)14-6-8-15(9-7-14)22(3,4)5/h6-9,13,19,24H,10-12H2,1-5H3,(H,23,26)/p+1/t19-/m1/s1. The molecule has 5 heteroatoms. The van der Waals surface area contributed by atoms with Crippen LogP contribution >= 0.6 is 11.3 Å². The SMILES string of the molecule is CC(C)[NH+]1CCc2c(sc3c2C(=O)N[C@@H](c2ccc(C(C)(C)C)cc2)N3)C1. The predicted molar refractivity (Wildman–Crippen MR) is 112 cm³/mol. The van der Waals surface area contributed by atoms with Crippen LogP contribution in [0.3, 0.4) is 0 Å². The highest BCUT2D eigenvalue weighted by molar-refractivity contribution is 7.16. The number of anilines is 1. The van der Waals surface area contributed by atoms with Crippen molar-refractivity contribution in [2.24, 2.45) is 0 Å². The maximum absolute atomic E-state index is 12.9. The molecule has 2 aliphatic heterocycles. The molecule has 0 radical (unpaired) electrons. The Bertz CT molecular complexity index is 861. The second kappa shape index (κ2) is 6.64. The monoisotopic (exact) mass is 384 g/mol. The van der Waals surface area contributed by atoms with Crippen molar-refractivity contribution >= 4 is 22.2 Å². The summed E-state index contributed by atoms with van der Waals surface area (Å²) in [5.41, 5.74) is 4.69. The van der Waals surface area contributed by atoms with Gasteiger partial charge < -0.3 is 15.5 Å². The minimum Gasteiger partial charge on any atom is -0.353 e. The van der Waals surface area contributed by atoms with E-state index in [1.807, 2.05) is 0 Å². The third kappa shape index (κ3) is 3.39. The molecule has 4 nitrogen and oxygen atoms in total. The largest absolute Gasteiger partial charge is 0.353 e. The van der Waals surface area contributed by atoms with E-state index in [2.05, 4.69) is 69.5 Å². The van der Waals surface area contributed by atoms with E-state index in [0.29, 0.717) is 6.04 Å². The Kier molecular flexibility index (Phi) is 4.55. The third-order valence-corrected chi connectivity index (χ3v) is 7.04. The molecule has 1 aromatic carbocycles. The summed E-state index contributed by atoms with van der Waals surface area (Å²) in [7, 11) is 0. The molecular formula is C22H30N3OS+. The lowest BCUT2D eigenvalue weighted by Gasteiger charge is -2.29. The zero-order chi connectivity index (χ0) is 19.3. The Morgan fingerprint density at radius 3 is 2.48 bits per heavy atom. The summed E-state index contributed by atoms with van der Waals surface area (Å²) in [6.45, 7) is 13.3. The zero-order valence-electron chi connectivity index (χ0n) is 16.9. The Morgan fingerprint density at radius 1 is 1.15 bits per heavy atom. The van der Waals surface area contributed by atoms with Crippen molar-refractivity contribution in [1.82, 2.24) is 5.32 Å². The van der Waals surface area contributed by atoms with Gasteiger partial charge in [0.05, 0.1) is 23.0 Å². The number of nitrogens with one attached hydrogen (secondary N) is 3. The molecule has 0 spiro atoms. The van der Waals surface area contributed by atoms with E-state index in [4.69, 9.17) is 0 Å². The van der Waals surface area contributed by atoms with Crippen LogP contribution in [0.2, 0.25) is 0 Å². The number of carbonyl (C=O) groups is 1. The quantitative estimate of drug-likeness (QED) is 0.744. The zero-order valence-corrected chi connectivity index (χ0v) is 17.7. The topological polar surface area (TPSA) is 45.6 Å². The molecule has 2 aromatic rings. The third-order valence-electron chi connectivity index (χ3n) is 5.88. The van der Waals surface area contributed by atoms with Crippen LogP contribution < -0.4 is 15.5 Å². The van der Waals surface area contributed by atoms with E-state index >= 15 is 0 Å². The van der Waals surface area contributed by atoms with Crippen LogP contribution in [0.15, 0.2) is 24.3 Å². The first kappa shape index (κ1) is 18.5.